The van der Waals surface area contributed by atoms with Crippen LogP contribution in [0.1, 0.15) is 57.2 Å². The molecular weight excluding hydrogens is 353 g/mol. The van der Waals surface area contributed by atoms with Crippen LogP contribution in [0.5, 0.6) is 0 Å². The Morgan fingerprint density at radius 3 is 2.48 bits per heavy atom. The van der Waals surface area contributed by atoms with E-state index >= 15 is 0 Å². The van der Waals surface area contributed by atoms with Crippen molar-refractivity contribution in [1.29, 1.82) is 0 Å². The Hall–Kier alpha value is -2.08. The Labute approximate surface area is 157 Å². The summed E-state index contributed by atoms with van der Waals surface area (Å²) in [7, 11) is 0. The zero-order valence-corrected chi connectivity index (χ0v) is 15.9. The minimum atomic E-state index is -4.53. The van der Waals surface area contributed by atoms with Crippen LogP contribution in [0.25, 0.3) is 10.8 Å². The quantitative estimate of drug-likeness (QED) is 0.766. The van der Waals surface area contributed by atoms with Crippen molar-refractivity contribution in [3.05, 3.63) is 47.5 Å². The number of rotatable bonds is 5. The fourth-order valence-corrected chi connectivity index (χ4v) is 3.91. The zero-order valence-electron chi connectivity index (χ0n) is 15.9. The molecular formula is C21H25F3N2O. The summed E-state index contributed by atoms with van der Waals surface area (Å²) in [6, 6.07) is 8.94. The summed E-state index contributed by atoms with van der Waals surface area (Å²) in [5, 5.41) is 2.46. The van der Waals surface area contributed by atoms with Gasteiger partial charge in [0.25, 0.3) is 0 Å². The Morgan fingerprint density at radius 2 is 1.89 bits per heavy atom. The van der Waals surface area contributed by atoms with E-state index < -0.39 is 17.8 Å². The van der Waals surface area contributed by atoms with Crippen molar-refractivity contribution in [3.63, 3.8) is 0 Å². The van der Waals surface area contributed by atoms with E-state index in [1.165, 1.54) is 0 Å². The molecule has 1 heterocycles. The van der Waals surface area contributed by atoms with Crippen LogP contribution in [-0.2, 0) is 11.2 Å². The number of benzene rings is 2. The van der Waals surface area contributed by atoms with Crippen molar-refractivity contribution in [3.8, 4) is 0 Å². The Morgan fingerprint density at radius 1 is 1.19 bits per heavy atom. The number of halogens is 3. The molecule has 1 atom stereocenters. The molecule has 1 amide bonds. The summed E-state index contributed by atoms with van der Waals surface area (Å²) in [4.78, 5) is 11.9. The van der Waals surface area contributed by atoms with Crippen molar-refractivity contribution in [2.24, 2.45) is 0 Å². The molecule has 146 valence electrons. The van der Waals surface area contributed by atoms with E-state index in [4.69, 9.17) is 0 Å². The lowest BCUT2D eigenvalue weighted by Gasteiger charge is -2.39. The Kier molecular flexibility index (Phi) is 5.21. The van der Waals surface area contributed by atoms with Crippen LogP contribution < -0.4 is 5.43 Å². The predicted molar refractivity (Wildman–Crippen MR) is 100 cm³/mol. The van der Waals surface area contributed by atoms with Gasteiger partial charge in [-0.3, -0.25) is 10.2 Å². The lowest BCUT2D eigenvalue weighted by Crippen LogP contribution is -2.51. The number of carbonyl (C=O) groups excluding carboxylic acids is 1. The fraction of sp³-hybridized carbons (Fsp3) is 0.476. The molecule has 6 heteroatoms. The molecule has 0 aromatic heterocycles. The van der Waals surface area contributed by atoms with E-state index in [-0.39, 0.29) is 17.9 Å². The van der Waals surface area contributed by atoms with Gasteiger partial charge in [0.2, 0.25) is 5.91 Å². The molecule has 1 aliphatic rings. The molecule has 27 heavy (non-hydrogen) atoms. The van der Waals surface area contributed by atoms with E-state index in [9.17, 15) is 18.0 Å². The molecule has 2 aromatic rings. The van der Waals surface area contributed by atoms with E-state index in [0.29, 0.717) is 17.4 Å². The third kappa shape index (κ3) is 3.81. The fourth-order valence-electron chi connectivity index (χ4n) is 3.91. The molecule has 1 fully saturated rings. The number of hydrogen-bond acceptors (Lipinski definition) is 2. The van der Waals surface area contributed by atoms with Gasteiger partial charge in [0, 0.05) is 12.0 Å². The van der Waals surface area contributed by atoms with Gasteiger partial charge in [-0.1, -0.05) is 49.7 Å². The molecule has 1 saturated heterocycles. The maximum Gasteiger partial charge on any atom is 0.409 e. The van der Waals surface area contributed by atoms with Crippen molar-refractivity contribution in [2.75, 3.05) is 0 Å². The summed E-state index contributed by atoms with van der Waals surface area (Å²) in [5.74, 6) is -0.385. The first kappa shape index (κ1) is 19.7. The molecule has 0 bridgehead atoms. The predicted octanol–water partition coefficient (Wildman–Crippen LogP) is 5.30. The number of aryl methyl sites for hydroxylation is 1. The van der Waals surface area contributed by atoms with Crippen LogP contribution >= 0.6 is 0 Å². The number of fused-ring (bicyclic) bond motifs is 1. The number of nitrogens with zero attached hydrogens (tertiary/aromatic N) is 1. The van der Waals surface area contributed by atoms with Crippen LogP contribution in [0.4, 0.5) is 13.2 Å². The van der Waals surface area contributed by atoms with Crippen LogP contribution in [0.3, 0.4) is 0 Å². The van der Waals surface area contributed by atoms with Crippen LogP contribution in [0.15, 0.2) is 36.4 Å². The summed E-state index contributed by atoms with van der Waals surface area (Å²) in [6.07, 6.45) is -2.21. The summed E-state index contributed by atoms with van der Waals surface area (Å²) >= 11 is 0. The number of amides is 1. The van der Waals surface area contributed by atoms with Gasteiger partial charge >= 0.3 is 6.18 Å². The van der Waals surface area contributed by atoms with Gasteiger partial charge in [0.15, 0.2) is 6.04 Å². The van der Waals surface area contributed by atoms with Gasteiger partial charge in [-0.15, -0.1) is 0 Å². The highest BCUT2D eigenvalue weighted by atomic mass is 19.4. The van der Waals surface area contributed by atoms with Gasteiger partial charge in [-0.2, -0.15) is 18.2 Å². The SMILES string of the molecule is CCCCc1ccc2ccccc2c1C(N1NC(=O)CC1(C)C)C(F)(F)F. The Bertz CT molecular complexity index is 845. The van der Waals surface area contributed by atoms with Crippen molar-refractivity contribution in [1.82, 2.24) is 10.4 Å². The number of alkyl halides is 3. The normalized spacial score (nSPS) is 18.7. The minimum absolute atomic E-state index is 0.0363. The molecule has 3 nitrogen and oxygen atoms in total. The highest BCUT2D eigenvalue weighted by molar-refractivity contribution is 5.87. The molecule has 1 N–H and O–H groups in total. The average molecular weight is 378 g/mol. The van der Waals surface area contributed by atoms with E-state index in [2.05, 4.69) is 5.43 Å². The van der Waals surface area contributed by atoms with Crippen molar-refractivity contribution >= 4 is 16.7 Å². The van der Waals surface area contributed by atoms with Gasteiger partial charge in [0.05, 0.1) is 0 Å². The molecule has 0 aliphatic carbocycles. The number of nitrogens with one attached hydrogen (secondary N) is 1. The topological polar surface area (TPSA) is 32.3 Å². The first-order valence-corrected chi connectivity index (χ1v) is 9.31. The second-order valence-electron chi connectivity index (χ2n) is 7.80. The molecule has 0 saturated carbocycles. The number of hydrazine groups is 1. The standard InChI is InChI=1S/C21H25F3N2O/c1-4-5-8-15-12-11-14-9-6-7-10-16(14)18(15)19(21(22,23)24)26-20(2,3)13-17(27)25-26/h6-7,9-12,19H,4-5,8,13H2,1-3H3,(H,25,27). The van der Waals surface area contributed by atoms with E-state index in [0.717, 1.165) is 23.2 Å². The highest BCUT2D eigenvalue weighted by Gasteiger charge is 2.53. The lowest BCUT2D eigenvalue weighted by molar-refractivity contribution is -0.203. The third-order valence-electron chi connectivity index (χ3n) is 5.19. The van der Waals surface area contributed by atoms with Gasteiger partial charge in [0.1, 0.15) is 0 Å². The second kappa shape index (κ2) is 7.15. The molecule has 0 spiro atoms. The maximum absolute atomic E-state index is 14.4. The number of carbonyl (C=O) groups is 1. The lowest BCUT2D eigenvalue weighted by atomic mass is 9.88. The maximum atomic E-state index is 14.4. The molecule has 1 unspecified atom stereocenters. The summed E-state index contributed by atoms with van der Waals surface area (Å²) < 4.78 is 43.1. The second-order valence-corrected chi connectivity index (χ2v) is 7.80. The molecule has 0 radical (unpaired) electrons. The van der Waals surface area contributed by atoms with Gasteiger partial charge in [-0.25, -0.2) is 0 Å². The zero-order chi connectivity index (χ0) is 19.8. The summed E-state index contributed by atoms with van der Waals surface area (Å²) in [6.45, 7) is 5.35. The van der Waals surface area contributed by atoms with Crippen LogP contribution in [-0.4, -0.2) is 22.6 Å². The molecule has 3 rings (SSSR count). The monoisotopic (exact) mass is 378 g/mol. The number of unbranched alkanes of at least 4 members (excludes halogenated alkanes) is 1. The number of hydrogen-bond donors (Lipinski definition) is 1. The molecule has 2 aromatic carbocycles. The minimum Gasteiger partial charge on any atom is -0.287 e. The molecule has 1 aliphatic heterocycles. The third-order valence-corrected chi connectivity index (χ3v) is 5.19. The van der Waals surface area contributed by atoms with E-state index in [1.807, 2.05) is 25.1 Å². The highest BCUT2D eigenvalue weighted by Crippen LogP contribution is 2.46. The van der Waals surface area contributed by atoms with Crippen molar-refractivity contribution in [2.45, 2.75) is 64.2 Å². The van der Waals surface area contributed by atoms with Gasteiger partial charge < -0.3 is 0 Å². The first-order chi connectivity index (χ1) is 12.6. The van der Waals surface area contributed by atoms with Crippen molar-refractivity contribution < 1.29 is 18.0 Å². The van der Waals surface area contributed by atoms with E-state index in [1.54, 1.807) is 32.0 Å². The van der Waals surface area contributed by atoms with Gasteiger partial charge in [-0.05, 0) is 48.6 Å². The summed E-state index contributed by atoms with van der Waals surface area (Å²) in [5.41, 5.74) is 2.48. The first-order valence-electron chi connectivity index (χ1n) is 9.31. The Balaban J connectivity index is 2.25. The van der Waals surface area contributed by atoms with Crippen LogP contribution in [0.2, 0.25) is 0 Å². The largest absolute Gasteiger partial charge is 0.409 e. The smallest absolute Gasteiger partial charge is 0.287 e. The average Bonchev–Trinajstić information content (AvgIpc) is 2.85. The van der Waals surface area contributed by atoms with Crippen LogP contribution in [0, 0.1) is 0 Å².